The highest BCUT2D eigenvalue weighted by Crippen LogP contribution is 2.39. The second kappa shape index (κ2) is 5.27. The van der Waals surface area contributed by atoms with Crippen molar-refractivity contribution in [3.05, 3.63) is 0 Å². The Hall–Kier alpha value is -0.0800. The van der Waals surface area contributed by atoms with Crippen LogP contribution in [0.5, 0.6) is 0 Å². The average molecular weight is 239 g/mol. The van der Waals surface area contributed by atoms with Crippen molar-refractivity contribution in [2.45, 2.75) is 77.5 Å². The summed E-state index contributed by atoms with van der Waals surface area (Å²) in [5, 5.41) is 3.89. The van der Waals surface area contributed by atoms with Crippen LogP contribution in [0.25, 0.3) is 0 Å². The van der Waals surface area contributed by atoms with Crippen LogP contribution in [0.1, 0.15) is 59.3 Å². The second-order valence-corrected chi connectivity index (χ2v) is 7.14. The topological polar surface area (TPSA) is 21.3 Å². The zero-order chi connectivity index (χ0) is 12.5. The SMILES string of the molecule is COC1CCC(NC2CC(C)CC(C)(C)C2)C1. The van der Waals surface area contributed by atoms with E-state index in [0.717, 1.165) is 12.0 Å². The first-order chi connectivity index (χ1) is 7.98. The zero-order valence-corrected chi connectivity index (χ0v) is 12.0. The first-order valence-electron chi connectivity index (χ1n) is 7.27. The molecule has 0 aromatic carbocycles. The number of ether oxygens (including phenoxy) is 1. The molecule has 2 rings (SSSR count). The van der Waals surface area contributed by atoms with E-state index in [0.29, 0.717) is 17.6 Å². The van der Waals surface area contributed by atoms with Crippen molar-refractivity contribution >= 4 is 0 Å². The van der Waals surface area contributed by atoms with E-state index < -0.39 is 0 Å². The number of hydrogen-bond donors (Lipinski definition) is 1. The lowest BCUT2D eigenvalue weighted by Crippen LogP contribution is -2.44. The third kappa shape index (κ3) is 3.69. The van der Waals surface area contributed by atoms with E-state index in [-0.39, 0.29) is 0 Å². The van der Waals surface area contributed by atoms with E-state index in [2.05, 4.69) is 26.1 Å². The van der Waals surface area contributed by atoms with E-state index in [1.165, 1.54) is 38.5 Å². The van der Waals surface area contributed by atoms with Gasteiger partial charge in [0.2, 0.25) is 0 Å². The molecule has 100 valence electrons. The largest absolute Gasteiger partial charge is 0.381 e. The molecule has 0 spiro atoms. The van der Waals surface area contributed by atoms with Gasteiger partial charge in [-0.25, -0.2) is 0 Å². The first kappa shape index (κ1) is 13.4. The smallest absolute Gasteiger partial charge is 0.0586 e. The maximum absolute atomic E-state index is 5.45. The molecule has 0 amide bonds. The lowest BCUT2D eigenvalue weighted by atomic mass is 9.70. The van der Waals surface area contributed by atoms with Crippen LogP contribution in [0, 0.1) is 11.3 Å². The van der Waals surface area contributed by atoms with Gasteiger partial charge in [0.05, 0.1) is 6.10 Å². The molecule has 17 heavy (non-hydrogen) atoms. The molecule has 0 bridgehead atoms. The molecular weight excluding hydrogens is 210 g/mol. The van der Waals surface area contributed by atoms with Crippen LogP contribution in [-0.2, 0) is 4.74 Å². The van der Waals surface area contributed by atoms with Crippen LogP contribution in [0.4, 0.5) is 0 Å². The fourth-order valence-electron chi connectivity index (χ4n) is 4.11. The van der Waals surface area contributed by atoms with Gasteiger partial charge in [0.25, 0.3) is 0 Å². The number of methoxy groups -OCH3 is 1. The summed E-state index contributed by atoms with van der Waals surface area (Å²) in [5.41, 5.74) is 0.522. The summed E-state index contributed by atoms with van der Waals surface area (Å²) >= 11 is 0. The highest BCUT2D eigenvalue weighted by Gasteiger charge is 2.34. The lowest BCUT2D eigenvalue weighted by Gasteiger charge is -2.40. The summed E-state index contributed by atoms with van der Waals surface area (Å²) in [6.45, 7) is 7.25. The van der Waals surface area contributed by atoms with Crippen LogP contribution < -0.4 is 5.32 Å². The summed E-state index contributed by atoms with van der Waals surface area (Å²) in [6.07, 6.45) is 8.33. The Balaban J connectivity index is 1.83. The molecule has 2 heteroatoms. The number of hydrogen-bond acceptors (Lipinski definition) is 2. The van der Waals surface area contributed by atoms with E-state index in [4.69, 9.17) is 4.74 Å². The van der Waals surface area contributed by atoms with Crippen molar-refractivity contribution in [3.8, 4) is 0 Å². The third-order valence-electron chi connectivity index (χ3n) is 4.58. The average Bonchev–Trinajstić information content (AvgIpc) is 2.62. The maximum atomic E-state index is 5.45. The first-order valence-corrected chi connectivity index (χ1v) is 7.27. The van der Waals surface area contributed by atoms with Crippen LogP contribution in [0.3, 0.4) is 0 Å². The molecule has 0 saturated heterocycles. The molecule has 4 unspecified atom stereocenters. The minimum absolute atomic E-state index is 0.501. The summed E-state index contributed by atoms with van der Waals surface area (Å²) in [5.74, 6) is 0.871. The van der Waals surface area contributed by atoms with Crippen LogP contribution in [0.15, 0.2) is 0 Å². The van der Waals surface area contributed by atoms with Crippen molar-refractivity contribution in [2.75, 3.05) is 7.11 Å². The highest BCUT2D eigenvalue weighted by atomic mass is 16.5. The zero-order valence-electron chi connectivity index (χ0n) is 12.0. The van der Waals surface area contributed by atoms with E-state index in [9.17, 15) is 0 Å². The van der Waals surface area contributed by atoms with Gasteiger partial charge in [-0.15, -0.1) is 0 Å². The molecular formula is C15H29NO. The minimum Gasteiger partial charge on any atom is -0.381 e. The molecule has 2 saturated carbocycles. The highest BCUT2D eigenvalue weighted by molar-refractivity contribution is 4.90. The monoisotopic (exact) mass is 239 g/mol. The van der Waals surface area contributed by atoms with Gasteiger partial charge in [-0.05, 0) is 49.9 Å². The number of nitrogens with one attached hydrogen (secondary N) is 1. The van der Waals surface area contributed by atoms with Crippen molar-refractivity contribution in [1.82, 2.24) is 5.32 Å². The molecule has 2 nitrogen and oxygen atoms in total. The van der Waals surface area contributed by atoms with E-state index in [1.54, 1.807) is 0 Å². The lowest BCUT2D eigenvalue weighted by molar-refractivity contribution is 0.103. The van der Waals surface area contributed by atoms with Gasteiger partial charge in [0.15, 0.2) is 0 Å². The molecule has 0 radical (unpaired) electrons. The Kier molecular flexibility index (Phi) is 4.14. The quantitative estimate of drug-likeness (QED) is 0.815. The molecule has 0 aromatic heterocycles. The summed E-state index contributed by atoms with van der Waals surface area (Å²) < 4.78 is 5.45. The Morgan fingerprint density at radius 3 is 2.41 bits per heavy atom. The van der Waals surface area contributed by atoms with E-state index >= 15 is 0 Å². The molecule has 0 aliphatic heterocycles. The Bertz CT molecular complexity index is 251. The Morgan fingerprint density at radius 1 is 1.06 bits per heavy atom. The van der Waals surface area contributed by atoms with Gasteiger partial charge in [0, 0.05) is 19.2 Å². The predicted molar refractivity (Wildman–Crippen MR) is 72.2 cm³/mol. The van der Waals surface area contributed by atoms with Gasteiger partial charge >= 0.3 is 0 Å². The van der Waals surface area contributed by atoms with Crippen molar-refractivity contribution < 1.29 is 4.74 Å². The van der Waals surface area contributed by atoms with Gasteiger partial charge in [-0.2, -0.15) is 0 Å². The van der Waals surface area contributed by atoms with Crippen LogP contribution >= 0.6 is 0 Å². The molecule has 4 atom stereocenters. The standard InChI is InChI=1S/C15H29NO/c1-11-7-13(10-15(2,3)9-11)16-12-5-6-14(8-12)17-4/h11-14,16H,5-10H2,1-4H3. The molecule has 2 fully saturated rings. The summed E-state index contributed by atoms with van der Waals surface area (Å²) in [6, 6.07) is 1.43. The fraction of sp³-hybridized carbons (Fsp3) is 1.00. The normalized spacial score (nSPS) is 41.6. The van der Waals surface area contributed by atoms with Crippen molar-refractivity contribution in [2.24, 2.45) is 11.3 Å². The van der Waals surface area contributed by atoms with E-state index in [1.807, 2.05) is 7.11 Å². The Labute approximate surface area is 107 Å². The fourth-order valence-corrected chi connectivity index (χ4v) is 4.11. The Morgan fingerprint density at radius 2 is 1.82 bits per heavy atom. The number of rotatable bonds is 3. The van der Waals surface area contributed by atoms with Gasteiger partial charge in [-0.3, -0.25) is 0 Å². The van der Waals surface area contributed by atoms with Crippen LogP contribution in [0.2, 0.25) is 0 Å². The van der Waals surface area contributed by atoms with Crippen molar-refractivity contribution in [1.29, 1.82) is 0 Å². The van der Waals surface area contributed by atoms with Crippen molar-refractivity contribution in [3.63, 3.8) is 0 Å². The van der Waals surface area contributed by atoms with Gasteiger partial charge < -0.3 is 10.1 Å². The summed E-state index contributed by atoms with van der Waals surface area (Å²) in [4.78, 5) is 0. The summed E-state index contributed by atoms with van der Waals surface area (Å²) in [7, 11) is 1.85. The molecule has 0 heterocycles. The molecule has 2 aliphatic rings. The molecule has 1 N–H and O–H groups in total. The van der Waals surface area contributed by atoms with Gasteiger partial charge in [0.1, 0.15) is 0 Å². The minimum atomic E-state index is 0.501. The third-order valence-corrected chi connectivity index (χ3v) is 4.58. The van der Waals surface area contributed by atoms with Crippen LogP contribution in [-0.4, -0.2) is 25.3 Å². The molecule has 0 aromatic rings. The second-order valence-electron chi connectivity index (χ2n) is 7.14. The molecule has 2 aliphatic carbocycles. The van der Waals surface area contributed by atoms with Gasteiger partial charge in [-0.1, -0.05) is 20.8 Å². The maximum Gasteiger partial charge on any atom is 0.0586 e. The predicted octanol–water partition coefficient (Wildman–Crippen LogP) is 3.36.